The fraction of sp³-hybridized carbons (Fsp3) is 0.516. The van der Waals surface area contributed by atoms with E-state index in [1.54, 1.807) is 52.7 Å². The van der Waals surface area contributed by atoms with E-state index in [0.717, 1.165) is 180 Å². The minimum atomic E-state index is -3.23. The third-order valence-electron chi connectivity index (χ3n) is 27.4. The maximum absolute atomic E-state index is 12.5. The maximum atomic E-state index is 12.5. The van der Waals surface area contributed by atoms with Crippen molar-refractivity contribution >= 4 is 96.2 Å². The number of fused-ring (bicyclic) bond motifs is 8. The second-order valence-electron chi connectivity index (χ2n) is 36.9. The molecule has 0 saturated carbocycles. The lowest BCUT2D eigenvalue weighted by Gasteiger charge is -2.45. The van der Waals surface area contributed by atoms with Crippen LogP contribution in [0.3, 0.4) is 0 Å². The van der Waals surface area contributed by atoms with Gasteiger partial charge in [-0.15, -0.1) is 0 Å². The zero-order chi connectivity index (χ0) is 88.0. The summed E-state index contributed by atoms with van der Waals surface area (Å²) in [6.07, 6.45) is 47.2. The van der Waals surface area contributed by atoms with Gasteiger partial charge in [-0.1, -0.05) is 60.2 Å². The second-order valence-corrected chi connectivity index (χ2v) is 41.3. The molecule has 32 heteroatoms. The number of nitrogens with zero attached hydrogens (tertiary/aromatic N) is 20. The summed E-state index contributed by atoms with van der Waals surface area (Å²) in [6.45, 7) is 24.5. The molecule has 4 fully saturated rings. The summed E-state index contributed by atoms with van der Waals surface area (Å²) in [7, 11) is -4.22. The van der Waals surface area contributed by atoms with Gasteiger partial charge in [-0.05, 0) is 145 Å². The minimum absolute atomic E-state index is 0.114. The average molecular weight is 1770 g/mol. The summed E-state index contributed by atoms with van der Waals surface area (Å²) in [6, 6.07) is 9.72. The molecule has 0 aromatic carbocycles. The molecular formula is C93H115ClN20O8S3. The molecule has 125 heavy (non-hydrogen) atoms. The number of pyridine rings is 4. The number of allylic oxidation sites excluding steroid dienone is 4. The van der Waals surface area contributed by atoms with Crippen LogP contribution in [0, 0.1) is 0 Å². The Hall–Kier alpha value is -9.60. The van der Waals surface area contributed by atoms with Gasteiger partial charge in [0.2, 0.25) is 20.0 Å². The second kappa shape index (κ2) is 37.0. The van der Waals surface area contributed by atoms with Gasteiger partial charge in [-0.3, -0.25) is 19.7 Å². The SMILES string of the molecule is C[C@@H]1Cc2ncnc(C3CCCN(C)C3)c2CN1c1cc(Cl)nc2c1C=CC2.C[C@@H]1Cc2ncnc(C3CCCN(S(C)(=O)=O)C3)c2CN1c1ccnc2c1C=CC2.C[C@@H]1Cc2ncnc(C3CCN(C(=O)C(C)(C)O)CC3)c2CN1c1ccnc2c1C=CC2.C[C@@H]1Cc2ncnc(C3CCN(S(C)(=O)=O)C(C)(C)C3)c2CN1c1ccnc2c1C=CC2.O=S=O. The van der Waals surface area contributed by atoms with Crippen LogP contribution in [0.1, 0.15) is 243 Å². The Bertz CT molecular complexity index is 5810. The number of anilines is 4. The lowest BCUT2D eigenvalue weighted by atomic mass is 9.80. The molecule has 1 N–H and O–H groups in total. The summed E-state index contributed by atoms with van der Waals surface area (Å²) < 4.78 is 68.6. The molecule has 3 unspecified atom stereocenters. The third kappa shape index (κ3) is 18.9. The highest BCUT2D eigenvalue weighted by atomic mass is 35.5. The van der Waals surface area contributed by atoms with Crippen molar-refractivity contribution in [2.24, 2.45) is 0 Å². The summed E-state index contributed by atoms with van der Waals surface area (Å²) in [5.74, 6) is 0.940. The standard InChI is InChI=1S/C25H31N5O2.C24H31N5O2S.C22H26ClN5.C22H27N5O2S.O2S/c1-16-13-21-19(14-30(16)22-7-10-26-20-6-4-5-18(20)22)23(28-15-27-21)17-8-11-29(12-9-17)24(31)25(2,3)32;1-16-12-21-19(14-28(16)22-8-10-25-20-7-5-6-18(20)22)23(27-15-26-21)17-9-11-29(32(4,30)31)24(2,3)13-17;1-14-9-19-17(22(25-13-24-19)15-5-4-8-27(2)11-15)12-28(14)20-10-21(23)26-18-7-3-6-16(18)20;1-15-11-20-18(13-27(15)21-8-9-23-19-7-3-6-17(19)21)22(25-14-24-20)16-5-4-10-26(12-16)30(2,28)29;1-3-2/h4-5,7,10,15-17,32H,6,8-9,11-14H2,1-3H3;5-6,8,10,15-17H,7,9,11-14H2,1-4H3;3,6,10,13-15H,4-5,7-9,11-12H2,1-2H3;3,6,8-9,14-16H,4-5,7,10-13H2,1-2H3;/t16-;16-,17?;14-,15?;15-,16?;/m1111./s1. The predicted octanol–water partition coefficient (Wildman–Crippen LogP) is 11.9. The summed E-state index contributed by atoms with van der Waals surface area (Å²) in [5, 5.41) is 10.7. The molecular weight excluding hydrogens is 1660 g/mol. The number of halogens is 1. The fourth-order valence-electron chi connectivity index (χ4n) is 21.2. The Morgan fingerprint density at radius 2 is 0.840 bits per heavy atom. The van der Waals surface area contributed by atoms with E-state index >= 15 is 0 Å². The molecule has 8 aliphatic heterocycles. The average Bonchev–Trinajstić information content (AvgIpc) is 1.63. The molecule has 0 spiro atoms. The number of piperidine rings is 4. The molecule has 16 heterocycles. The van der Waals surface area contributed by atoms with Crippen molar-refractivity contribution in [1.82, 2.24) is 78.2 Å². The number of carbonyl (C=O) groups excluding carboxylic acids is 1. The Kier molecular flexibility index (Phi) is 26.3. The van der Waals surface area contributed by atoms with E-state index in [-0.39, 0.29) is 17.7 Å². The highest BCUT2D eigenvalue weighted by Gasteiger charge is 2.44. The number of amides is 1. The Morgan fingerprint density at radius 3 is 1.23 bits per heavy atom. The number of carbonyl (C=O) groups is 1. The molecule has 12 aliphatic rings. The maximum Gasteiger partial charge on any atom is 0.335 e. The molecule has 8 aromatic heterocycles. The largest absolute Gasteiger partial charge is 0.381 e. The number of aliphatic hydroxyl groups is 1. The number of rotatable bonds is 11. The molecule has 0 radical (unpaired) electrons. The monoisotopic (exact) mass is 1770 g/mol. The van der Waals surface area contributed by atoms with Crippen LogP contribution in [-0.2, 0) is 114 Å². The van der Waals surface area contributed by atoms with Crippen LogP contribution in [0.4, 0.5) is 22.7 Å². The molecule has 4 aliphatic carbocycles. The quantitative estimate of drug-likeness (QED) is 0.118. The number of likely N-dealkylation sites (tertiary alicyclic amines) is 2. The van der Waals surface area contributed by atoms with Gasteiger partial charge in [0.05, 0.1) is 80.8 Å². The van der Waals surface area contributed by atoms with E-state index in [0.29, 0.717) is 73.9 Å². The van der Waals surface area contributed by atoms with Crippen molar-refractivity contribution in [3.63, 3.8) is 0 Å². The van der Waals surface area contributed by atoms with Gasteiger partial charge in [0, 0.05) is 256 Å². The van der Waals surface area contributed by atoms with Gasteiger partial charge >= 0.3 is 11.6 Å². The first-order valence-electron chi connectivity index (χ1n) is 44.1. The predicted molar refractivity (Wildman–Crippen MR) is 488 cm³/mol. The van der Waals surface area contributed by atoms with Crippen molar-refractivity contribution in [2.45, 2.75) is 243 Å². The van der Waals surface area contributed by atoms with Gasteiger partial charge in [-0.25, -0.2) is 66.0 Å². The molecule has 1 amide bonds. The lowest BCUT2D eigenvalue weighted by molar-refractivity contribution is -0.148. The summed E-state index contributed by atoms with van der Waals surface area (Å²) in [5.41, 5.74) is 26.5. The van der Waals surface area contributed by atoms with E-state index in [4.69, 9.17) is 35.0 Å². The van der Waals surface area contributed by atoms with Gasteiger partial charge < -0.3 is 34.5 Å². The van der Waals surface area contributed by atoms with Gasteiger partial charge in [-0.2, -0.15) is 12.7 Å². The van der Waals surface area contributed by atoms with E-state index in [1.807, 2.05) is 38.5 Å². The molecule has 0 bridgehead atoms. The lowest BCUT2D eigenvalue weighted by Crippen LogP contribution is -2.52. The van der Waals surface area contributed by atoms with Crippen LogP contribution in [0.15, 0.2) is 92.5 Å². The minimum Gasteiger partial charge on any atom is -0.381 e. The van der Waals surface area contributed by atoms with Crippen LogP contribution >= 0.6 is 11.6 Å². The van der Waals surface area contributed by atoms with Crippen LogP contribution in [-0.4, -0.2) is 215 Å². The first-order valence-corrected chi connectivity index (χ1v) is 48.9. The van der Waals surface area contributed by atoms with Crippen molar-refractivity contribution in [2.75, 3.05) is 85.0 Å². The number of hydrogen-bond acceptors (Lipinski definition) is 25. The Labute approximate surface area is 743 Å². The van der Waals surface area contributed by atoms with Crippen LogP contribution in [0.5, 0.6) is 0 Å². The molecule has 7 atom stereocenters. The normalized spacial score (nSPS) is 23.0. The Morgan fingerprint density at radius 1 is 0.472 bits per heavy atom. The molecule has 20 rings (SSSR count). The van der Waals surface area contributed by atoms with Crippen LogP contribution < -0.4 is 19.6 Å². The zero-order valence-electron chi connectivity index (χ0n) is 73.5. The van der Waals surface area contributed by atoms with Gasteiger partial charge in [0.1, 0.15) is 36.1 Å². The number of sulfonamides is 2. The number of likely N-dealkylation sites (N-methyl/N-ethyl adjacent to an activating group) is 1. The number of hydrogen-bond donors (Lipinski definition) is 1. The van der Waals surface area contributed by atoms with Crippen molar-refractivity contribution in [1.29, 1.82) is 0 Å². The van der Waals surface area contributed by atoms with E-state index in [2.05, 4.69) is 171 Å². The fourth-order valence-corrected chi connectivity index (χ4v) is 23.8. The van der Waals surface area contributed by atoms with E-state index < -0.39 is 42.8 Å². The van der Waals surface area contributed by atoms with Gasteiger partial charge in [0.15, 0.2) is 0 Å². The molecule has 28 nitrogen and oxygen atoms in total. The van der Waals surface area contributed by atoms with Crippen LogP contribution in [0.2, 0.25) is 5.15 Å². The van der Waals surface area contributed by atoms with E-state index in [9.17, 15) is 26.7 Å². The molecule has 8 aromatic rings. The van der Waals surface area contributed by atoms with Crippen molar-refractivity contribution in [3.8, 4) is 0 Å². The highest BCUT2D eigenvalue weighted by Crippen LogP contribution is 2.46. The zero-order valence-corrected chi connectivity index (χ0v) is 76.7. The third-order valence-corrected chi connectivity index (χ3v) is 30.3. The smallest absolute Gasteiger partial charge is 0.335 e. The highest BCUT2D eigenvalue weighted by molar-refractivity contribution is 7.88. The first kappa shape index (κ1) is 88.8. The number of aromatic nitrogens is 12. The van der Waals surface area contributed by atoms with Crippen molar-refractivity contribution in [3.05, 3.63) is 210 Å². The molecule has 660 valence electrons. The summed E-state index contributed by atoms with van der Waals surface area (Å²) >= 11 is 5.62. The molecule has 4 saturated heterocycles. The topological polar surface area (TPSA) is 320 Å². The Balaban J connectivity index is 0.000000122. The van der Waals surface area contributed by atoms with Crippen molar-refractivity contribution < 1.29 is 35.2 Å². The van der Waals surface area contributed by atoms with Crippen LogP contribution in [0.25, 0.3) is 24.3 Å². The van der Waals surface area contributed by atoms with Gasteiger partial charge in [0.25, 0.3) is 5.91 Å². The van der Waals surface area contributed by atoms with E-state index in [1.165, 1.54) is 111 Å². The first-order chi connectivity index (χ1) is 59.9. The summed E-state index contributed by atoms with van der Waals surface area (Å²) in [4.78, 5) is 82.2.